The van der Waals surface area contributed by atoms with Crippen LogP contribution in [0.3, 0.4) is 0 Å². The molecule has 1 aromatic heterocycles. The highest BCUT2D eigenvalue weighted by Crippen LogP contribution is 2.30. The minimum Gasteiger partial charge on any atom is -0.494 e. The molecule has 1 aromatic carbocycles. The van der Waals surface area contributed by atoms with Crippen LogP contribution in [0.25, 0.3) is 0 Å². The van der Waals surface area contributed by atoms with E-state index in [0.717, 1.165) is 37.4 Å². The van der Waals surface area contributed by atoms with Gasteiger partial charge < -0.3 is 10.1 Å². The van der Waals surface area contributed by atoms with Gasteiger partial charge in [-0.3, -0.25) is 9.88 Å². The van der Waals surface area contributed by atoms with Crippen LogP contribution < -0.4 is 10.1 Å². The quantitative estimate of drug-likeness (QED) is 0.939. The summed E-state index contributed by atoms with van der Waals surface area (Å²) >= 11 is 0. The molecule has 0 amide bonds. The molecular formula is C17H20FN3O. The summed E-state index contributed by atoms with van der Waals surface area (Å²) in [7, 11) is 1.48. The van der Waals surface area contributed by atoms with Gasteiger partial charge in [0.2, 0.25) is 0 Å². The van der Waals surface area contributed by atoms with E-state index in [1.807, 2.05) is 24.3 Å². The number of nitrogens with zero attached hydrogens (tertiary/aromatic N) is 2. The van der Waals surface area contributed by atoms with E-state index in [9.17, 15) is 4.39 Å². The topological polar surface area (TPSA) is 37.4 Å². The Labute approximate surface area is 129 Å². The van der Waals surface area contributed by atoms with Crippen molar-refractivity contribution in [1.29, 1.82) is 0 Å². The second kappa shape index (κ2) is 6.85. The number of ether oxygens (including phenoxy) is 1. The Bertz CT molecular complexity index is 615. The predicted molar refractivity (Wildman–Crippen MR) is 83.5 cm³/mol. The Morgan fingerprint density at radius 1 is 1.23 bits per heavy atom. The molecule has 1 aliphatic rings. The van der Waals surface area contributed by atoms with Crippen molar-refractivity contribution < 1.29 is 9.13 Å². The van der Waals surface area contributed by atoms with Crippen LogP contribution in [0.2, 0.25) is 0 Å². The van der Waals surface area contributed by atoms with Crippen molar-refractivity contribution in [1.82, 2.24) is 15.2 Å². The number of hydrogen-bond donors (Lipinski definition) is 1. The highest BCUT2D eigenvalue weighted by atomic mass is 19.1. The molecule has 3 rings (SSSR count). The van der Waals surface area contributed by atoms with E-state index in [2.05, 4.69) is 15.2 Å². The first-order valence-electron chi connectivity index (χ1n) is 7.48. The van der Waals surface area contributed by atoms with Crippen LogP contribution in [0.4, 0.5) is 4.39 Å². The van der Waals surface area contributed by atoms with Crippen molar-refractivity contribution in [3.05, 3.63) is 59.7 Å². The van der Waals surface area contributed by atoms with E-state index in [-0.39, 0.29) is 17.6 Å². The molecule has 0 saturated carbocycles. The maximum Gasteiger partial charge on any atom is 0.165 e. The average Bonchev–Trinajstić information content (AvgIpc) is 2.57. The number of nitrogens with one attached hydrogen (secondary N) is 1. The molecule has 116 valence electrons. The number of aromatic nitrogens is 1. The lowest BCUT2D eigenvalue weighted by atomic mass is 10.00. The lowest BCUT2D eigenvalue weighted by Gasteiger charge is -2.35. The van der Waals surface area contributed by atoms with Gasteiger partial charge in [0.1, 0.15) is 0 Å². The monoisotopic (exact) mass is 301 g/mol. The van der Waals surface area contributed by atoms with Gasteiger partial charge in [0.15, 0.2) is 11.6 Å². The van der Waals surface area contributed by atoms with Gasteiger partial charge in [-0.05, 0) is 29.8 Å². The largest absolute Gasteiger partial charge is 0.494 e. The van der Waals surface area contributed by atoms with E-state index in [1.54, 1.807) is 18.3 Å². The third-order valence-corrected chi connectivity index (χ3v) is 3.98. The van der Waals surface area contributed by atoms with Gasteiger partial charge in [0.05, 0.1) is 18.8 Å². The normalized spacial score (nSPS) is 17.2. The first kappa shape index (κ1) is 14.9. The number of methoxy groups -OCH3 is 1. The van der Waals surface area contributed by atoms with Gasteiger partial charge in [0.25, 0.3) is 0 Å². The minimum atomic E-state index is -0.337. The first-order valence-corrected chi connectivity index (χ1v) is 7.48. The Kier molecular flexibility index (Phi) is 4.65. The fourth-order valence-corrected chi connectivity index (χ4v) is 2.90. The number of hydrogen-bond acceptors (Lipinski definition) is 4. The molecule has 1 N–H and O–H groups in total. The lowest BCUT2D eigenvalue weighted by Crippen LogP contribution is -2.45. The number of rotatable bonds is 4. The zero-order valence-electron chi connectivity index (χ0n) is 12.6. The fourth-order valence-electron chi connectivity index (χ4n) is 2.90. The van der Waals surface area contributed by atoms with Crippen molar-refractivity contribution in [3.8, 4) is 5.75 Å². The molecule has 22 heavy (non-hydrogen) atoms. The van der Waals surface area contributed by atoms with E-state index >= 15 is 0 Å². The fraction of sp³-hybridized carbons (Fsp3) is 0.353. The van der Waals surface area contributed by atoms with E-state index < -0.39 is 0 Å². The van der Waals surface area contributed by atoms with Crippen molar-refractivity contribution >= 4 is 0 Å². The Hall–Kier alpha value is -1.98. The Balaban J connectivity index is 1.99. The van der Waals surface area contributed by atoms with Crippen LogP contribution >= 0.6 is 0 Å². The van der Waals surface area contributed by atoms with Crippen LogP contribution in [0.5, 0.6) is 5.75 Å². The SMILES string of the molecule is COc1ccc(C(c2ccccn2)N2CCNCC2)cc1F. The minimum absolute atomic E-state index is 0.0382. The molecule has 0 bridgehead atoms. The maximum absolute atomic E-state index is 14.1. The van der Waals surface area contributed by atoms with Crippen molar-refractivity contribution in [2.24, 2.45) is 0 Å². The molecule has 1 atom stereocenters. The van der Waals surface area contributed by atoms with Gasteiger partial charge in [0, 0.05) is 32.4 Å². The second-order valence-electron chi connectivity index (χ2n) is 5.34. The first-order chi connectivity index (χ1) is 10.8. The molecule has 1 saturated heterocycles. The summed E-state index contributed by atoms with van der Waals surface area (Å²) in [6.45, 7) is 3.69. The summed E-state index contributed by atoms with van der Waals surface area (Å²) in [6, 6.07) is 11.0. The molecule has 2 heterocycles. The maximum atomic E-state index is 14.1. The molecule has 0 aliphatic carbocycles. The van der Waals surface area contributed by atoms with Crippen LogP contribution in [-0.4, -0.2) is 43.2 Å². The van der Waals surface area contributed by atoms with E-state index in [1.165, 1.54) is 7.11 Å². The van der Waals surface area contributed by atoms with E-state index in [4.69, 9.17) is 4.74 Å². The molecule has 4 nitrogen and oxygen atoms in total. The third kappa shape index (κ3) is 3.10. The lowest BCUT2D eigenvalue weighted by molar-refractivity contribution is 0.195. The summed E-state index contributed by atoms with van der Waals surface area (Å²) < 4.78 is 19.1. The van der Waals surface area contributed by atoms with Gasteiger partial charge >= 0.3 is 0 Å². The van der Waals surface area contributed by atoms with E-state index in [0.29, 0.717) is 0 Å². The van der Waals surface area contributed by atoms with Crippen LogP contribution in [-0.2, 0) is 0 Å². The third-order valence-electron chi connectivity index (χ3n) is 3.98. The zero-order chi connectivity index (χ0) is 15.4. The molecule has 0 radical (unpaired) electrons. The van der Waals surface area contributed by atoms with Gasteiger partial charge in [-0.25, -0.2) is 4.39 Å². The molecule has 5 heteroatoms. The molecule has 1 unspecified atom stereocenters. The summed E-state index contributed by atoms with van der Waals surface area (Å²) in [4.78, 5) is 6.82. The average molecular weight is 301 g/mol. The van der Waals surface area contributed by atoms with Crippen LogP contribution in [0.15, 0.2) is 42.6 Å². The Morgan fingerprint density at radius 2 is 2.05 bits per heavy atom. The molecule has 2 aromatic rings. The van der Waals surface area contributed by atoms with Crippen molar-refractivity contribution in [2.45, 2.75) is 6.04 Å². The molecule has 1 aliphatic heterocycles. The summed E-state index contributed by atoms with van der Waals surface area (Å²) in [5, 5.41) is 3.35. The van der Waals surface area contributed by atoms with Crippen molar-refractivity contribution in [3.63, 3.8) is 0 Å². The highest BCUT2D eigenvalue weighted by molar-refractivity contribution is 5.34. The van der Waals surface area contributed by atoms with Gasteiger partial charge in [-0.15, -0.1) is 0 Å². The smallest absolute Gasteiger partial charge is 0.165 e. The highest BCUT2D eigenvalue weighted by Gasteiger charge is 2.25. The number of piperazine rings is 1. The molecule has 0 spiro atoms. The second-order valence-corrected chi connectivity index (χ2v) is 5.34. The van der Waals surface area contributed by atoms with Gasteiger partial charge in [-0.1, -0.05) is 12.1 Å². The number of pyridine rings is 1. The number of halogens is 1. The number of benzene rings is 1. The molecule has 1 fully saturated rings. The Morgan fingerprint density at radius 3 is 2.68 bits per heavy atom. The summed E-state index contributed by atoms with van der Waals surface area (Å²) in [6.07, 6.45) is 1.78. The summed E-state index contributed by atoms with van der Waals surface area (Å²) in [5.41, 5.74) is 1.84. The standard InChI is InChI=1S/C17H20FN3O/c1-22-16-6-5-13(12-14(16)18)17(15-4-2-3-7-20-15)21-10-8-19-9-11-21/h2-7,12,17,19H,8-11H2,1H3. The van der Waals surface area contributed by atoms with Crippen LogP contribution in [0.1, 0.15) is 17.3 Å². The van der Waals surface area contributed by atoms with Gasteiger partial charge in [-0.2, -0.15) is 0 Å². The van der Waals surface area contributed by atoms with Crippen molar-refractivity contribution in [2.75, 3.05) is 33.3 Å². The summed E-state index contributed by atoms with van der Waals surface area (Å²) in [5.74, 6) is -0.0695. The molecular weight excluding hydrogens is 281 g/mol. The zero-order valence-corrected chi connectivity index (χ0v) is 12.6. The van der Waals surface area contributed by atoms with Crippen LogP contribution in [0, 0.1) is 5.82 Å². The predicted octanol–water partition coefficient (Wildman–Crippen LogP) is 2.22.